The third-order valence-corrected chi connectivity index (χ3v) is 3.13. The molecule has 1 aromatic carbocycles. The molecule has 1 rings (SSSR count). The number of hydrogen-bond acceptors (Lipinski definition) is 5. The molecule has 0 unspecified atom stereocenters. The molecule has 0 spiro atoms. The Morgan fingerprint density at radius 2 is 1.79 bits per heavy atom. The zero-order chi connectivity index (χ0) is 14.3. The summed E-state index contributed by atoms with van der Waals surface area (Å²) >= 11 is 0. The fourth-order valence-corrected chi connectivity index (χ4v) is 1.83. The first-order valence-electron chi connectivity index (χ1n) is 5.22. The van der Waals surface area contributed by atoms with Crippen LogP contribution in [0.25, 0.3) is 0 Å². The van der Waals surface area contributed by atoms with Crippen LogP contribution in [-0.4, -0.2) is 37.7 Å². The number of para-hydroxylation sites is 1. The minimum Gasteiger partial charge on any atom is -0.474 e. The van der Waals surface area contributed by atoms with Crippen LogP contribution in [0.3, 0.4) is 0 Å². The van der Waals surface area contributed by atoms with Crippen molar-refractivity contribution in [1.29, 1.82) is 0 Å². The molecule has 0 aliphatic carbocycles. The second-order valence-corrected chi connectivity index (χ2v) is 5.31. The van der Waals surface area contributed by atoms with Crippen molar-refractivity contribution in [2.24, 2.45) is 0 Å². The van der Waals surface area contributed by atoms with Crippen molar-refractivity contribution in [2.45, 2.75) is 0 Å². The summed E-state index contributed by atoms with van der Waals surface area (Å²) < 4.78 is 23.0. The Labute approximate surface area is 109 Å². The molecule has 0 saturated heterocycles. The van der Waals surface area contributed by atoms with E-state index in [4.69, 9.17) is 5.11 Å². The van der Waals surface area contributed by atoms with Crippen molar-refractivity contribution < 1.29 is 23.1 Å². The number of carbonyl (C=O) groups is 2. The number of sulfonamides is 1. The zero-order valence-electron chi connectivity index (χ0n) is 9.79. The Bertz CT molecular complexity index is 544. The van der Waals surface area contributed by atoms with Gasteiger partial charge in [-0.2, -0.15) is 0 Å². The highest BCUT2D eigenvalue weighted by molar-refractivity contribution is 7.89. The molecule has 0 radical (unpaired) electrons. The lowest BCUT2D eigenvalue weighted by Crippen LogP contribution is -2.38. The van der Waals surface area contributed by atoms with Gasteiger partial charge in [0.15, 0.2) is 0 Å². The fraction of sp³-hybridized carbons (Fsp3) is 0.200. The summed E-state index contributed by atoms with van der Waals surface area (Å²) in [7, 11) is -3.67. The van der Waals surface area contributed by atoms with Gasteiger partial charge in [0.25, 0.3) is 0 Å². The second kappa shape index (κ2) is 6.71. The number of nitrogens with one attached hydrogen (secondary N) is 3. The molecule has 0 heterocycles. The first kappa shape index (κ1) is 14.9. The van der Waals surface area contributed by atoms with E-state index in [0.29, 0.717) is 5.69 Å². The van der Waals surface area contributed by atoms with Crippen molar-refractivity contribution >= 4 is 27.6 Å². The molecular weight excluding hydrogens is 274 g/mol. The number of rotatable bonds is 6. The first-order valence-corrected chi connectivity index (χ1v) is 6.87. The number of anilines is 1. The number of benzene rings is 1. The van der Waals surface area contributed by atoms with Crippen LogP contribution in [0.4, 0.5) is 5.69 Å². The van der Waals surface area contributed by atoms with E-state index in [1.54, 1.807) is 30.3 Å². The Hall–Kier alpha value is -2.13. The Balaban J connectivity index is 2.36. The molecule has 0 aromatic heterocycles. The van der Waals surface area contributed by atoms with E-state index < -0.39 is 27.7 Å². The number of aliphatic carboxylic acids is 1. The van der Waals surface area contributed by atoms with Crippen LogP contribution < -0.4 is 15.6 Å². The van der Waals surface area contributed by atoms with Gasteiger partial charge < -0.3 is 15.8 Å². The summed E-state index contributed by atoms with van der Waals surface area (Å²) in [6.45, 7) is -0.295. The van der Waals surface area contributed by atoms with Gasteiger partial charge in [-0.25, -0.2) is 13.2 Å². The van der Waals surface area contributed by atoms with Crippen LogP contribution in [0.1, 0.15) is 0 Å². The molecule has 0 saturated carbocycles. The third kappa shape index (κ3) is 5.84. The van der Waals surface area contributed by atoms with Crippen LogP contribution in [-0.2, 0) is 19.6 Å². The minimum atomic E-state index is -3.67. The Morgan fingerprint density at radius 3 is 2.37 bits per heavy atom. The van der Waals surface area contributed by atoms with Crippen LogP contribution in [0, 0.1) is 0 Å². The highest BCUT2D eigenvalue weighted by Crippen LogP contribution is 2.02. The molecule has 9 heteroatoms. The fourth-order valence-electron chi connectivity index (χ4n) is 1.08. The zero-order valence-corrected chi connectivity index (χ0v) is 10.6. The van der Waals surface area contributed by atoms with Gasteiger partial charge in [0.2, 0.25) is 10.0 Å². The van der Waals surface area contributed by atoms with Gasteiger partial charge in [-0.15, -0.1) is 4.83 Å². The van der Waals surface area contributed by atoms with Crippen LogP contribution >= 0.6 is 0 Å². The maximum absolute atomic E-state index is 11.5. The summed E-state index contributed by atoms with van der Waals surface area (Å²) in [6.07, 6.45) is 0. The van der Waals surface area contributed by atoms with Crippen molar-refractivity contribution in [2.75, 3.05) is 17.7 Å². The summed E-state index contributed by atoms with van der Waals surface area (Å²) in [6, 6.07) is 8.55. The predicted octanol–water partition coefficient (Wildman–Crippen LogP) is -0.866. The topological polar surface area (TPSA) is 125 Å². The standard InChI is InChI=1S/C10H13N3O5S/c14-9(10(15)16)11-6-7-19(17,18)13-12-8-4-2-1-3-5-8/h1-5,12-13H,6-7H2,(H,11,14)(H,15,16). The predicted molar refractivity (Wildman–Crippen MR) is 67.6 cm³/mol. The molecule has 0 bridgehead atoms. The highest BCUT2D eigenvalue weighted by atomic mass is 32.2. The molecular formula is C10H13N3O5S. The monoisotopic (exact) mass is 287 g/mol. The largest absolute Gasteiger partial charge is 0.474 e. The lowest BCUT2D eigenvalue weighted by atomic mass is 10.3. The van der Waals surface area contributed by atoms with E-state index in [1.807, 2.05) is 5.32 Å². The minimum absolute atomic E-state index is 0.295. The van der Waals surface area contributed by atoms with E-state index in [-0.39, 0.29) is 6.54 Å². The van der Waals surface area contributed by atoms with E-state index in [9.17, 15) is 18.0 Å². The molecule has 4 N–H and O–H groups in total. The average Bonchev–Trinajstić information content (AvgIpc) is 2.37. The van der Waals surface area contributed by atoms with Crippen molar-refractivity contribution in [3.8, 4) is 0 Å². The molecule has 104 valence electrons. The molecule has 1 aromatic rings. The van der Waals surface area contributed by atoms with E-state index >= 15 is 0 Å². The lowest BCUT2D eigenvalue weighted by molar-refractivity contribution is -0.150. The normalized spacial score (nSPS) is 10.7. The Kier molecular flexibility index (Phi) is 5.27. The molecule has 19 heavy (non-hydrogen) atoms. The third-order valence-electron chi connectivity index (χ3n) is 1.98. The maximum Gasteiger partial charge on any atom is 0.394 e. The molecule has 1 amide bonds. The summed E-state index contributed by atoms with van der Waals surface area (Å²) in [5.74, 6) is -3.34. The highest BCUT2D eigenvalue weighted by Gasteiger charge is 2.13. The molecule has 8 nitrogen and oxygen atoms in total. The van der Waals surface area contributed by atoms with Crippen LogP contribution in [0.2, 0.25) is 0 Å². The number of hydrazine groups is 1. The summed E-state index contributed by atoms with van der Waals surface area (Å²) in [5.41, 5.74) is 3.03. The average molecular weight is 287 g/mol. The van der Waals surface area contributed by atoms with E-state index in [0.717, 1.165) is 0 Å². The van der Waals surface area contributed by atoms with Gasteiger partial charge in [0.05, 0.1) is 5.75 Å². The van der Waals surface area contributed by atoms with Crippen LogP contribution in [0.5, 0.6) is 0 Å². The smallest absolute Gasteiger partial charge is 0.394 e. The number of carbonyl (C=O) groups excluding carboxylic acids is 1. The van der Waals surface area contributed by atoms with Crippen molar-refractivity contribution in [1.82, 2.24) is 10.1 Å². The number of amides is 1. The van der Waals surface area contributed by atoms with Gasteiger partial charge in [0.1, 0.15) is 0 Å². The van der Waals surface area contributed by atoms with Gasteiger partial charge in [-0.05, 0) is 12.1 Å². The molecule has 0 atom stereocenters. The molecule has 0 aliphatic rings. The van der Waals surface area contributed by atoms with Crippen LogP contribution in [0.15, 0.2) is 30.3 Å². The lowest BCUT2D eigenvalue weighted by Gasteiger charge is -2.09. The molecule has 0 fully saturated rings. The second-order valence-electron chi connectivity index (χ2n) is 3.47. The number of carboxylic acid groups (broad SMARTS) is 1. The van der Waals surface area contributed by atoms with Crippen molar-refractivity contribution in [3.63, 3.8) is 0 Å². The van der Waals surface area contributed by atoms with Gasteiger partial charge in [0, 0.05) is 12.2 Å². The van der Waals surface area contributed by atoms with Gasteiger partial charge in [-0.1, -0.05) is 18.2 Å². The Morgan fingerprint density at radius 1 is 1.16 bits per heavy atom. The van der Waals surface area contributed by atoms with Gasteiger partial charge in [-0.3, -0.25) is 4.79 Å². The van der Waals surface area contributed by atoms with E-state index in [2.05, 4.69) is 10.3 Å². The number of hydrogen-bond donors (Lipinski definition) is 4. The quantitative estimate of drug-likeness (QED) is 0.398. The SMILES string of the molecule is O=C(O)C(=O)NCCS(=O)(=O)NNc1ccccc1. The molecule has 0 aliphatic heterocycles. The summed E-state index contributed by atoms with van der Waals surface area (Å²) in [4.78, 5) is 22.9. The maximum atomic E-state index is 11.5. The number of carboxylic acids is 1. The van der Waals surface area contributed by atoms with Crippen molar-refractivity contribution in [3.05, 3.63) is 30.3 Å². The first-order chi connectivity index (χ1) is 8.91. The van der Waals surface area contributed by atoms with E-state index in [1.165, 1.54) is 0 Å². The summed E-state index contributed by atoms with van der Waals surface area (Å²) in [5, 5.41) is 10.2. The van der Waals surface area contributed by atoms with Gasteiger partial charge >= 0.3 is 11.9 Å².